The normalized spacial score (nSPS) is 13.1. The van der Waals surface area contributed by atoms with Gasteiger partial charge in [-0.1, -0.05) is 302 Å². The summed E-state index contributed by atoms with van der Waals surface area (Å²) in [5.74, 6) is -0.602. The van der Waals surface area contributed by atoms with Crippen molar-refractivity contribution in [3.05, 3.63) is 134 Å². The molecule has 0 aromatic rings. The van der Waals surface area contributed by atoms with Crippen molar-refractivity contribution in [1.82, 2.24) is 0 Å². The average Bonchev–Trinajstić information content (AvgIpc) is 3.44. The lowest BCUT2D eigenvalue weighted by Gasteiger charge is -2.15. The Morgan fingerprint density at radius 3 is 0.833 bits per heavy atom. The molecular weight excluding hydrogens is 957 g/mol. The fraction of sp³-hybridized carbons (Fsp3) is 0.671. The van der Waals surface area contributed by atoms with Crippen LogP contribution in [0.4, 0.5) is 0 Å². The Hall–Kier alpha value is -3.96. The maximum absolute atomic E-state index is 12.3. The first kappa shape index (κ1) is 74.0. The van der Waals surface area contributed by atoms with E-state index in [-0.39, 0.29) is 25.2 Å². The van der Waals surface area contributed by atoms with Gasteiger partial charge in [0, 0.05) is 12.8 Å². The maximum atomic E-state index is 12.3. The number of carbonyl (C=O) groups excluding carboxylic acids is 2. The molecule has 0 radical (unpaired) electrons. The Morgan fingerprint density at radius 1 is 0.308 bits per heavy atom. The minimum atomic E-state index is -0.788. The zero-order chi connectivity index (χ0) is 56.2. The molecule has 0 fully saturated rings. The first-order valence-corrected chi connectivity index (χ1v) is 32.7. The van der Waals surface area contributed by atoms with Crippen LogP contribution in [0.2, 0.25) is 0 Å². The lowest BCUT2D eigenvalue weighted by atomic mass is 10.0. The molecule has 1 atom stereocenters. The van der Waals surface area contributed by atoms with Crippen molar-refractivity contribution in [2.24, 2.45) is 0 Å². The van der Waals surface area contributed by atoms with Gasteiger partial charge in [-0.2, -0.15) is 0 Å². The smallest absolute Gasteiger partial charge is 0.306 e. The Morgan fingerprint density at radius 2 is 0.551 bits per heavy atom. The second-order valence-corrected chi connectivity index (χ2v) is 21.5. The lowest BCUT2D eigenvalue weighted by molar-refractivity contribution is -0.161. The van der Waals surface area contributed by atoms with Gasteiger partial charge in [-0.15, -0.1) is 0 Å². The second kappa shape index (κ2) is 67.3. The summed E-state index contributed by atoms with van der Waals surface area (Å²) in [6.45, 7) is 4.02. The van der Waals surface area contributed by atoms with E-state index in [4.69, 9.17) is 9.47 Å². The van der Waals surface area contributed by atoms with E-state index in [0.29, 0.717) is 12.8 Å². The van der Waals surface area contributed by atoms with Crippen LogP contribution in [0.3, 0.4) is 0 Å². The summed E-state index contributed by atoms with van der Waals surface area (Å²) in [5, 5.41) is 9.69. The van der Waals surface area contributed by atoms with Crippen LogP contribution in [0.15, 0.2) is 134 Å². The molecule has 0 saturated heterocycles. The van der Waals surface area contributed by atoms with E-state index in [1.165, 1.54) is 161 Å². The Balaban J connectivity index is 3.55. The van der Waals surface area contributed by atoms with E-state index in [2.05, 4.69) is 148 Å². The van der Waals surface area contributed by atoms with E-state index in [1.54, 1.807) is 0 Å². The third-order valence-electron chi connectivity index (χ3n) is 13.9. The summed E-state index contributed by atoms with van der Waals surface area (Å²) in [6, 6.07) is 0. The number of esters is 2. The molecule has 0 saturated carbocycles. The van der Waals surface area contributed by atoms with Crippen LogP contribution in [-0.2, 0) is 19.1 Å². The van der Waals surface area contributed by atoms with Crippen molar-refractivity contribution in [3.63, 3.8) is 0 Å². The van der Waals surface area contributed by atoms with E-state index in [1.807, 2.05) is 0 Å². The first-order valence-electron chi connectivity index (χ1n) is 32.7. The van der Waals surface area contributed by atoms with Gasteiger partial charge in [0.25, 0.3) is 0 Å². The molecule has 0 spiro atoms. The molecule has 5 nitrogen and oxygen atoms in total. The highest BCUT2D eigenvalue weighted by Crippen LogP contribution is 2.16. The minimum Gasteiger partial charge on any atom is -0.462 e. The molecule has 0 amide bonds. The van der Waals surface area contributed by atoms with Gasteiger partial charge in [-0.25, -0.2) is 0 Å². The van der Waals surface area contributed by atoms with Gasteiger partial charge in [-0.3, -0.25) is 9.59 Å². The molecular formula is C73H122O5. The molecule has 0 aliphatic heterocycles. The number of unbranched alkanes of at least 4 members (excludes halogenated alkanes) is 29. The molecule has 78 heavy (non-hydrogen) atoms. The molecule has 0 aromatic carbocycles. The van der Waals surface area contributed by atoms with Crippen LogP contribution in [0.5, 0.6) is 0 Å². The molecule has 5 heteroatoms. The maximum Gasteiger partial charge on any atom is 0.306 e. The van der Waals surface area contributed by atoms with Crippen LogP contribution >= 0.6 is 0 Å². The second-order valence-electron chi connectivity index (χ2n) is 21.5. The highest BCUT2D eigenvalue weighted by Gasteiger charge is 2.16. The standard InChI is InChI=1S/C73H122O5/c1-3-5-7-9-11-13-15-17-19-21-23-25-27-29-31-33-34-35-36-37-38-40-42-44-46-48-50-52-54-56-58-60-62-64-66-68-73(76)78-71(69-74)70-77-72(75)67-65-63-61-59-57-55-53-51-49-47-45-43-41-39-32-30-28-26-24-22-20-18-16-14-12-10-8-6-4-2/h5,7,11,13,16-19,22-25,29,31,34-35,37-38,42,44,48,50,71,74H,3-4,6,8-10,12,14-15,20-21,26-28,30,32-33,36,39-41,43,45-47,49,51-70H2,1-2H3/b7-5-,13-11-,18-16-,19-17-,24-22-,25-23-,31-29-,35-34-,38-37-,44-42-,50-48-. The Bertz CT molecular complexity index is 1600. The van der Waals surface area contributed by atoms with E-state index in [0.717, 1.165) is 109 Å². The summed E-state index contributed by atoms with van der Waals surface area (Å²) in [6.07, 6.45) is 100. The van der Waals surface area contributed by atoms with E-state index in [9.17, 15) is 14.7 Å². The molecule has 0 aromatic heterocycles. The van der Waals surface area contributed by atoms with Gasteiger partial charge in [-0.05, 0) is 116 Å². The minimum absolute atomic E-state index is 0.0757. The van der Waals surface area contributed by atoms with Gasteiger partial charge in [0.15, 0.2) is 6.10 Å². The van der Waals surface area contributed by atoms with Crippen molar-refractivity contribution in [3.8, 4) is 0 Å². The Labute approximate surface area is 483 Å². The summed E-state index contributed by atoms with van der Waals surface area (Å²) < 4.78 is 10.7. The summed E-state index contributed by atoms with van der Waals surface area (Å²) in [4.78, 5) is 24.6. The lowest BCUT2D eigenvalue weighted by Crippen LogP contribution is -2.28. The van der Waals surface area contributed by atoms with Gasteiger partial charge < -0.3 is 14.6 Å². The number of ether oxygens (including phenoxy) is 2. The van der Waals surface area contributed by atoms with Crippen molar-refractivity contribution in [2.45, 2.75) is 302 Å². The number of aliphatic hydroxyl groups is 1. The largest absolute Gasteiger partial charge is 0.462 e. The molecule has 444 valence electrons. The quantitative estimate of drug-likeness (QED) is 0.0373. The number of hydrogen-bond acceptors (Lipinski definition) is 5. The molecule has 1 unspecified atom stereocenters. The molecule has 0 heterocycles. The van der Waals surface area contributed by atoms with Crippen LogP contribution in [-0.4, -0.2) is 36.4 Å². The zero-order valence-electron chi connectivity index (χ0n) is 50.9. The molecule has 0 aliphatic rings. The fourth-order valence-corrected chi connectivity index (χ4v) is 9.05. The third-order valence-corrected chi connectivity index (χ3v) is 13.9. The van der Waals surface area contributed by atoms with Crippen molar-refractivity contribution in [2.75, 3.05) is 13.2 Å². The monoisotopic (exact) mass is 1080 g/mol. The zero-order valence-corrected chi connectivity index (χ0v) is 50.9. The summed E-state index contributed by atoms with van der Waals surface area (Å²) in [5.41, 5.74) is 0. The van der Waals surface area contributed by atoms with Crippen LogP contribution in [0, 0.1) is 0 Å². The van der Waals surface area contributed by atoms with E-state index >= 15 is 0 Å². The van der Waals surface area contributed by atoms with Gasteiger partial charge in [0.1, 0.15) is 6.61 Å². The summed E-state index contributed by atoms with van der Waals surface area (Å²) in [7, 11) is 0. The number of carbonyl (C=O) groups is 2. The van der Waals surface area contributed by atoms with Gasteiger partial charge >= 0.3 is 11.9 Å². The van der Waals surface area contributed by atoms with Gasteiger partial charge in [0.2, 0.25) is 0 Å². The average molecular weight is 1080 g/mol. The molecule has 1 N–H and O–H groups in total. The molecule has 0 rings (SSSR count). The third kappa shape index (κ3) is 64.6. The predicted octanol–water partition coefficient (Wildman–Crippen LogP) is 22.8. The number of hydrogen-bond donors (Lipinski definition) is 1. The van der Waals surface area contributed by atoms with Crippen molar-refractivity contribution < 1.29 is 24.2 Å². The highest BCUT2D eigenvalue weighted by molar-refractivity contribution is 5.70. The fourth-order valence-electron chi connectivity index (χ4n) is 9.05. The van der Waals surface area contributed by atoms with Crippen LogP contribution in [0.25, 0.3) is 0 Å². The summed E-state index contributed by atoms with van der Waals surface area (Å²) >= 11 is 0. The number of allylic oxidation sites excluding steroid dienone is 22. The van der Waals surface area contributed by atoms with Crippen molar-refractivity contribution >= 4 is 11.9 Å². The number of rotatable bonds is 59. The van der Waals surface area contributed by atoms with Crippen LogP contribution < -0.4 is 0 Å². The van der Waals surface area contributed by atoms with Gasteiger partial charge in [0.05, 0.1) is 6.61 Å². The van der Waals surface area contributed by atoms with Crippen molar-refractivity contribution in [1.29, 1.82) is 0 Å². The molecule has 0 aliphatic carbocycles. The first-order chi connectivity index (χ1) is 38.6. The highest BCUT2D eigenvalue weighted by atomic mass is 16.6. The predicted molar refractivity (Wildman–Crippen MR) is 343 cm³/mol. The number of aliphatic hydroxyl groups excluding tert-OH is 1. The Kier molecular flexibility index (Phi) is 63.9. The molecule has 0 bridgehead atoms. The van der Waals surface area contributed by atoms with E-state index < -0.39 is 6.10 Å². The topological polar surface area (TPSA) is 72.8 Å². The SMILES string of the molecule is CC/C=C\C/C=C\C/C=C\C/C=C\C/C=C\C/C=C\C/C=C\C/C=C\C/C=C\CCCCCCCCCC(=O)OC(CO)COC(=O)CCCCCCCCCCCCCCCCCCC/C=C\C/C=C\CCCCCCC. The van der Waals surface area contributed by atoms with Crippen LogP contribution in [0.1, 0.15) is 296 Å².